The van der Waals surface area contributed by atoms with Crippen LogP contribution in [0.3, 0.4) is 0 Å². The van der Waals surface area contributed by atoms with Crippen LogP contribution >= 0.6 is 0 Å². The standard InChI is InChI=1S/C28H30F3N7O4S/c1-36(2)12-3-17-41-23-8-4-20(5-9-23)21-6-10-24(11-7-21)43(39,40)38-15-13-37(14-16-38)27-32-18-22(19-33-27)25-34-26(42-35-25)28(29,30)31/h4-11,18-19H,3,12-17H2,1-2H3. The Morgan fingerprint density at radius 3 is 2.07 bits per heavy atom. The van der Waals surface area contributed by atoms with Crippen LogP contribution in [0.25, 0.3) is 22.5 Å². The summed E-state index contributed by atoms with van der Waals surface area (Å²) in [6, 6.07) is 14.5. The fraction of sp³-hybridized carbons (Fsp3) is 0.357. The lowest BCUT2D eigenvalue weighted by molar-refractivity contribution is -0.159. The minimum absolute atomic E-state index is 0.160. The summed E-state index contributed by atoms with van der Waals surface area (Å²) >= 11 is 0. The van der Waals surface area contributed by atoms with Gasteiger partial charge in [-0.25, -0.2) is 18.4 Å². The van der Waals surface area contributed by atoms with Crippen molar-refractivity contribution in [2.45, 2.75) is 17.5 Å². The van der Waals surface area contributed by atoms with Gasteiger partial charge >= 0.3 is 12.1 Å². The van der Waals surface area contributed by atoms with Crippen LogP contribution in [0.15, 0.2) is 70.3 Å². The molecule has 2 aromatic carbocycles. The van der Waals surface area contributed by atoms with Crippen LogP contribution in [0.1, 0.15) is 12.3 Å². The zero-order valence-electron chi connectivity index (χ0n) is 23.5. The van der Waals surface area contributed by atoms with Crippen LogP contribution in [0.5, 0.6) is 5.75 Å². The number of anilines is 1. The van der Waals surface area contributed by atoms with Gasteiger partial charge in [-0.2, -0.15) is 22.5 Å². The van der Waals surface area contributed by atoms with E-state index in [4.69, 9.17) is 4.74 Å². The van der Waals surface area contributed by atoms with Crippen molar-refractivity contribution >= 4 is 16.0 Å². The molecule has 15 heteroatoms. The SMILES string of the molecule is CN(C)CCCOc1ccc(-c2ccc(S(=O)(=O)N3CCN(c4ncc(-c5noc(C(F)(F)F)n5)cn4)CC3)cc2)cc1. The Kier molecular flexibility index (Phi) is 8.94. The second-order valence-electron chi connectivity index (χ2n) is 10.1. The van der Waals surface area contributed by atoms with E-state index < -0.39 is 22.1 Å². The van der Waals surface area contributed by atoms with Crippen molar-refractivity contribution in [2.24, 2.45) is 0 Å². The van der Waals surface area contributed by atoms with Gasteiger partial charge in [0, 0.05) is 45.1 Å². The third kappa shape index (κ3) is 7.29. The van der Waals surface area contributed by atoms with E-state index in [0.717, 1.165) is 29.8 Å². The van der Waals surface area contributed by atoms with Crippen LogP contribution in [0.4, 0.5) is 19.1 Å². The van der Waals surface area contributed by atoms with Gasteiger partial charge in [0.1, 0.15) is 5.75 Å². The van der Waals surface area contributed by atoms with Gasteiger partial charge in [-0.3, -0.25) is 0 Å². The summed E-state index contributed by atoms with van der Waals surface area (Å²) < 4.78 is 76.2. The number of rotatable bonds is 10. The van der Waals surface area contributed by atoms with E-state index >= 15 is 0 Å². The number of ether oxygens (including phenoxy) is 1. The summed E-state index contributed by atoms with van der Waals surface area (Å²) in [5.41, 5.74) is 2.00. The van der Waals surface area contributed by atoms with Crippen molar-refractivity contribution in [3.63, 3.8) is 0 Å². The second-order valence-corrected chi connectivity index (χ2v) is 12.1. The van der Waals surface area contributed by atoms with Crippen molar-refractivity contribution in [3.05, 3.63) is 66.8 Å². The highest BCUT2D eigenvalue weighted by Crippen LogP contribution is 2.30. The molecule has 0 atom stereocenters. The molecule has 3 heterocycles. The normalized spacial score (nSPS) is 14.8. The lowest BCUT2D eigenvalue weighted by Crippen LogP contribution is -2.49. The highest BCUT2D eigenvalue weighted by atomic mass is 32.2. The van der Waals surface area contributed by atoms with Gasteiger partial charge in [0.05, 0.1) is 17.1 Å². The van der Waals surface area contributed by atoms with Crippen molar-refractivity contribution < 1.29 is 30.8 Å². The maximum absolute atomic E-state index is 13.3. The van der Waals surface area contributed by atoms with E-state index in [1.807, 2.05) is 38.4 Å². The fourth-order valence-corrected chi connectivity index (χ4v) is 5.89. The average Bonchev–Trinajstić information content (AvgIpc) is 3.51. The third-order valence-corrected chi connectivity index (χ3v) is 8.70. The lowest BCUT2D eigenvalue weighted by Gasteiger charge is -2.34. The van der Waals surface area contributed by atoms with Gasteiger partial charge in [-0.15, -0.1) is 0 Å². The minimum Gasteiger partial charge on any atom is -0.494 e. The molecule has 0 amide bonds. The third-order valence-electron chi connectivity index (χ3n) is 6.78. The second kappa shape index (κ2) is 12.7. The molecule has 5 rings (SSSR count). The van der Waals surface area contributed by atoms with Gasteiger partial charge in [-0.05, 0) is 55.9 Å². The van der Waals surface area contributed by atoms with E-state index in [2.05, 4.69) is 29.5 Å². The smallest absolute Gasteiger partial charge is 0.471 e. The monoisotopic (exact) mass is 617 g/mol. The summed E-state index contributed by atoms with van der Waals surface area (Å²) in [7, 11) is 0.324. The molecule has 228 valence electrons. The van der Waals surface area contributed by atoms with Gasteiger partial charge in [0.2, 0.25) is 21.8 Å². The molecule has 0 spiro atoms. The Labute approximate surface area is 247 Å². The predicted molar refractivity (Wildman–Crippen MR) is 152 cm³/mol. The molecular weight excluding hydrogens is 587 g/mol. The molecule has 1 fully saturated rings. The van der Waals surface area contributed by atoms with Crippen molar-refractivity contribution in [2.75, 3.05) is 58.3 Å². The molecule has 43 heavy (non-hydrogen) atoms. The van der Waals surface area contributed by atoms with E-state index in [-0.39, 0.29) is 29.4 Å². The number of benzene rings is 2. The molecule has 0 N–H and O–H groups in total. The van der Waals surface area contributed by atoms with Crippen molar-refractivity contribution in [3.8, 4) is 28.3 Å². The maximum Gasteiger partial charge on any atom is 0.471 e. The number of piperazine rings is 1. The quantitative estimate of drug-likeness (QED) is 0.241. The first-order valence-electron chi connectivity index (χ1n) is 13.5. The van der Waals surface area contributed by atoms with Gasteiger partial charge in [0.15, 0.2) is 0 Å². The molecule has 1 saturated heterocycles. The lowest BCUT2D eigenvalue weighted by atomic mass is 10.1. The molecule has 4 aromatic rings. The Balaban J connectivity index is 1.16. The van der Waals surface area contributed by atoms with E-state index in [9.17, 15) is 21.6 Å². The average molecular weight is 618 g/mol. The Morgan fingerprint density at radius 1 is 0.907 bits per heavy atom. The number of halogens is 3. The molecule has 0 saturated carbocycles. The maximum atomic E-state index is 13.3. The number of hydrogen-bond acceptors (Lipinski definition) is 10. The van der Waals surface area contributed by atoms with Gasteiger partial charge < -0.3 is 19.1 Å². The molecule has 1 aliphatic rings. The number of sulfonamides is 1. The first-order chi connectivity index (χ1) is 20.5. The summed E-state index contributed by atoms with van der Waals surface area (Å²) in [5, 5.41) is 3.32. The number of hydrogen-bond donors (Lipinski definition) is 0. The highest BCUT2D eigenvalue weighted by molar-refractivity contribution is 7.89. The van der Waals surface area contributed by atoms with Crippen molar-refractivity contribution in [1.82, 2.24) is 29.3 Å². The van der Waals surface area contributed by atoms with E-state index in [1.165, 1.54) is 16.7 Å². The Morgan fingerprint density at radius 2 is 1.51 bits per heavy atom. The van der Waals surface area contributed by atoms with E-state index in [0.29, 0.717) is 25.6 Å². The molecule has 2 aromatic heterocycles. The van der Waals surface area contributed by atoms with Crippen LogP contribution in [0.2, 0.25) is 0 Å². The van der Waals surface area contributed by atoms with Crippen LogP contribution in [-0.2, 0) is 16.2 Å². The first kappa shape index (κ1) is 30.4. The number of aromatic nitrogens is 4. The number of nitrogens with zero attached hydrogens (tertiary/aromatic N) is 7. The van der Waals surface area contributed by atoms with Gasteiger partial charge in [-0.1, -0.05) is 29.4 Å². The zero-order chi connectivity index (χ0) is 30.6. The summed E-state index contributed by atoms with van der Waals surface area (Å²) in [6.45, 7) is 2.68. The summed E-state index contributed by atoms with van der Waals surface area (Å²) in [6.07, 6.45) is -1.22. The zero-order valence-corrected chi connectivity index (χ0v) is 24.3. The Bertz CT molecular complexity index is 1600. The highest BCUT2D eigenvalue weighted by Gasteiger charge is 2.38. The molecule has 0 radical (unpaired) electrons. The fourth-order valence-electron chi connectivity index (χ4n) is 4.47. The molecule has 0 unspecified atom stereocenters. The largest absolute Gasteiger partial charge is 0.494 e. The molecule has 11 nitrogen and oxygen atoms in total. The van der Waals surface area contributed by atoms with Crippen LogP contribution in [-0.4, -0.2) is 91.2 Å². The topological polar surface area (TPSA) is 118 Å². The molecule has 1 aliphatic heterocycles. The molecule has 0 aliphatic carbocycles. The van der Waals surface area contributed by atoms with E-state index in [1.54, 1.807) is 29.2 Å². The Hall–Kier alpha value is -4.08. The van der Waals surface area contributed by atoms with Crippen molar-refractivity contribution in [1.29, 1.82) is 0 Å². The first-order valence-corrected chi connectivity index (χ1v) is 14.9. The summed E-state index contributed by atoms with van der Waals surface area (Å²) in [4.78, 5) is 15.8. The number of alkyl halides is 3. The summed E-state index contributed by atoms with van der Waals surface area (Å²) in [5.74, 6) is -0.634. The van der Waals surface area contributed by atoms with Gasteiger partial charge in [0.25, 0.3) is 0 Å². The minimum atomic E-state index is -4.75. The predicted octanol–water partition coefficient (Wildman–Crippen LogP) is 4.05. The molecular formula is C28H30F3N7O4S. The molecule has 0 bridgehead atoms. The van der Waals surface area contributed by atoms with Crippen LogP contribution in [0, 0.1) is 0 Å². The van der Waals surface area contributed by atoms with Crippen LogP contribution < -0.4 is 9.64 Å².